The zero-order valence-corrected chi connectivity index (χ0v) is 9.08. The van der Waals surface area contributed by atoms with Crippen LogP contribution in [0.15, 0.2) is 0 Å². The fourth-order valence-electron chi connectivity index (χ4n) is 2.45. The van der Waals surface area contributed by atoms with Crippen LogP contribution in [0, 0.1) is 11.8 Å². The number of rotatable bonds is 2. The predicted octanol–water partition coefficient (Wildman–Crippen LogP) is 0.427. The molecular weight excluding hydrogens is 192 g/mol. The van der Waals surface area contributed by atoms with Gasteiger partial charge in [0.25, 0.3) is 0 Å². The third kappa shape index (κ3) is 2.30. The summed E-state index contributed by atoms with van der Waals surface area (Å²) < 4.78 is 0. The van der Waals surface area contributed by atoms with Gasteiger partial charge >= 0.3 is 0 Å². The average Bonchev–Trinajstić information content (AvgIpc) is 2.77. The standard InChI is InChI=1S/C11H18N2O2/c1-7-3-2-4-9(7)13-11(15)8-5-10(14)12-6-8/h7-9H,2-6H2,1H3,(H,12,14)(H,13,15). The first-order valence-electron chi connectivity index (χ1n) is 5.74. The summed E-state index contributed by atoms with van der Waals surface area (Å²) in [5.74, 6) is 0.478. The van der Waals surface area contributed by atoms with E-state index < -0.39 is 0 Å². The maximum atomic E-state index is 11.8. The van der Waals surface area contributed by atoms with E-state index in [0.717, 1.165) is 6.42 Å². The molecule has 3 unspecified atom stereocenters. The maximum absolute atomic E-state index is 11.8. The van der Waals surface area contributed by atoms with Crippen molar-refractivity contribution in [2.24, 2.45) is 11.8 Å². The second-order valence-electron chi connectivity index (χ2n) is 4.73. The summed E-state index contributed by atoms with van der Waals surface area (Å²) in [5, 5.41) is 5.75. The normalized spacial score (nSPS) is 35.3. The molecule has 1 aliphatic heterocycles. The van der Waals surface area contributed by atoms with Gasteiger partial charge in [0, 0.05) is 19.0 Å². The second-order valence-corrected chi connectivity index (χ2v) is 4.73. The molecule has 1 saturated carbocycles. The molecule has 0 aromatic heterocycles. The van der Waals surface area contributed by atoms with Crippen molar-refractivity contribution < 1.29 is 9.59 Å². The summed E-state index contributed by atoms with van der Waals surface area (Å²) in [4.78, 5) is 22.8. The van der Waals surface area contributed by atoms with E-state index in [1.165, 1.54) is 12.8 Å². The lowest BCUT2D eigenvalue weighted by molar-refractivity contribution is -0.127. The molecule has 15 heavy (non-hydrogen) atoms. The average molecular weight is 210 g/mol. The summed E-state index contributed by atoms with van der Waals surface area (Å²) >= 11 is 0. The summed E-state index contributed by atoms with van der Waals surface area (Å²) in [7, 11) is 0. The lowest BCUT2D eigenvalue weighted by Gasteiger charge is -2.19. The van der Waals surface area contributed by atoms with E-state index in [1.54, 1.807) is 0 Å². The van der Waals surface area contributed by atoms with Gasteiger partial charge in [0.2, 0.25) is 11.8 Å². The van der Waals surface area contributed by atoms with Crippen molar-refractivity contribution >= 4 is 11.8 Å². The molecule has 1 saturated heterocycles. The Morgan fingerprint density at radius 1 is 1.47 bits per heavy atom. The molecule has 3 atom stereocenters. The van der Waals surface area contributed by atoms with Crippen LogP contribution in [0.1, 0.15) is 32.6 Å². The molecule has 0 spiro atoms. The van der Waals surface area contributed by atoms with E-state index in [9.17, 15) is 9.59 Å². The third-order valence-electron chi connectivity index (χ3n) is 3.54. The van der Waals surface area contributed by atoms with Gasteiger partial charge < -0.3 is 10.6 Å². The molecule has 4 heteroatoms. The summed E-state index contributed by atoms with van der Waals surface area (Å²) in [6, 6.07) is 0.327. The highest BCUT2D eigenvalue weighted by atomic mass is 16.2. The fourth-order valence-corrected chi connectivity index (χ4v) is 2.45. The van der Waals surface area contributed by atoms with E-state index >= 15 is 0 Å². The molecular formula is C11H18N2O2. The minimum absolute atomic E-state index is 0.00498. The maximum Gasteiger partial charge on any atom is 0.225 e. The minimum Gasteiger partial charge on any atom is -0.355 e. The van der Waals surface area contributed by atoms with E-state index in [-0.39, 0.29) is 17.7 Å². The number of nitrogens with one attached hydrogen (secondary N) is 2. The van der Waals surface area contributed by atoms with Gasteiger partial charge in [-0.3, -0.25) is 9.59 Å². The van der Waals surface area contributed by atoms with Gasteiger partial charge in [0.15, 0.2) is 0 Å². The Labute approximate surface area is 89.8 Å². The molecule has 1 aliphatic carbocycles. The largest absolute Gasteiger partial charge is 0.355 e. The summed E-state index contributed by atoms with van der Waals surface area (Å²) in [6.45, 7) is 2.68. The Kier molecular flexibility index (Phi) is 2.93. The number of hydrogen-bond acceptors (Lipinski definition) is 2. The van der Waals surface area contributed by atoms with Gasteiger partial charge in [0.1, 0.15) is 0 Å². The van der Waals surface area contributed by atoms with E-state index in [0.29, 0.717) is 24.9 Å². The molecule has 1 heterocycles. The van der Waals surface area contributed by atoms with E-state index in [4.69, 9.17) is 0 Å². The highest BCUT2D eigenvalue weighted by Gasteiger charge is 2.31. The lowest BCUT2D eigenvalue weighted by atomic mass is 10.0. The van der Waals surface area contributed by atoms with Crippen LogP contribution in [-0.2, 0) is 9.59 Å². The van der Waals surface area contributed by atoms with Crippen molar-refractivity contribution in [1.82, 2.24) is 10.6 Å². The number of carbonyl (C=O) groups excluding carboxylic acids is 2. The minimum atomic E-state index is -0.148. The molecule has 2 N–H and O–H groups in total. The van der Waals surface area contributed by atoms with Crippen LogP contribution in [0.4, 0.5) is 0 Å². The highest BCUT2D eigenvalue weighted by Crippen LogP contribution is 2.25. The highest BCUT2D eigenvalue weighted by molar-refractivity contribution is 5.89. The molecule has 2 fully saturated rings. The van der Waals surface area contributed by atoms with Crippen molar-refractivity contribution in [2.45, 2.75) is 38.6 Å². The van der Waals surface area contributed by atoms with Gasteiger partial charge in [-0.1, -0.05) is 13.3 Å². The van der Waals surface area contributed by atoms with Gasteiger partial charge in [-0.05, 0) is 18.8 Å². The first-order chi connectivity index (χ1) is 7.16. The van der Waals surface area contributed by atoms with Crippen LogP contribution in [0.2, 0.25) is 0 Å². The molecule has 0 aromatic carbocycles. The molecule has 2 aliphatic rings. The topological polar surface area (TPSA) is 58.2 Å². The molecule has 0 bridgehead atoms. The first kappa shape index (κ1) is 10.5. The molecule has 2 rings (SSSR count). The Morgan fingerprint density at radius 2 is 2.27 bits per heavy atom. The van der Waals surface area contributed by atoms with E-state index in [2.05, 4.69) is 17.6 Å². The fraction of sp³-hybridized carbons (Fsp3) is 0.818. The van der Waals surface area contributed by atoms with Crippen LogP contribution < -0.4 is 10.6 Å². The van der Waals surface area contributed by atoms with Crippen molar-refractivity contribution in [2.75, 3.05) is 6.54 Å². The molecule has 4 nitrogen and oxygen atoms in total. The molecule has 2 amide bonds. The zero-order valence-electron chi connectivity index (χ0n) is 9.08. The van der Waals surface area contributed by atoms with Gasteiger partial charge in [-0.15, -0.1) is 0 Å². The van der Waals surface area contributed by atoms with Crippen molar-refractivity contribution in [3.63, 3.8) is 0 Å². The second kappa shape index (κ2) is 4.21. The molecule has 0 aromatic rings. The Bertz CT molecular complexity index is 278. The molecule has 84 valence electrons. The van der Waals surface area contributed by atoms with Crippen LogP contribution in [0.5, 0.6) is 0 Å². The Hall–Kier alpha value is -1.06. The van der Waals surface area contributed by atoms with Crippen LogP contribution in [-0.4, -0.2) is 24.4 Å². The number of carbonyl (C=O) groups is 2. The van der Waals surface area contributed by atoms with E-state index in [1.807, 2.05) is 0 Å². The smallest absolute Gasteiger partial charge is 0.225 e. The summed E-state index contributed by atoms with van der Waals surface area (Å²) in [6.07, 6.45) is 3.84. The van der Waals surface area contributed by atoms with Crippen molar-refractivity contribution in [1.29, 1.82) is 0 Å². The van der Waals surface area contributed by atoms with Crippen molar-refractivity contribution in [3.8, 4) is 0 Å². The lowest BCUT2D eigenvalue weighted by Crippen LogP contribution is -2.40. The first-order valence-corrected chi connectivity index (χ1v) is 5.74. The zero-order chi connectivity index (χ0) is 10.8. The Balaban J connectivity index is 1.84. The third-order valence-corrected chi connectivity index (χ3v) is 3.54. The predicted molar refractivity (Wildman–Crippen MR) is 56.1 cm³/mol. The quantitative estimate of drug-likeness (QED) is 0.694. The summed E-state index contributed by atoms with van der Waals surface area (Å²) in [5.41, 5.74) is 0. The van der Waals surface area contributed by atoms with Gasteiger partial charge in [-0.25, -0.2) is 0 Å². The van der Waals surface area contributed by atoms with Crippen LogP contribution in [0.3, 0.4) is 0 Å². The van der Waals surface area contributed by atoms with Crippen LogP contribution >= 0.6 is 0 Å². The number of amides is 2. The van der Waals surface area contributed by atoms with Gasteiger partial charge in [0.05, 0.1) is 5.92 Å². The molecule has 0 radical (unpaired) electrons. The van der Waals surface area contributed by atoms with Crippen molar-refractivity contribution in [3.05, 3.63) is 0 Å². The SMILES string of the molecule is CC1CCCC1NC(=O)C1CNC(=O)C1. The Morgan fingerprint density at radius 3 is 2.80 bits per heavy atom. The monoisotopic (exact) mass is 210 g/mol. The van der Waals surface area contributed by atoms with Gasteiger partial charge in [-0.2, -0.15) is 0 Å². The number of hydrogen-bond donors (Lipinski definition) is 2. The van der Waals surface area contributed by atoms with Crippen LogP contribution in [0.25, 0.3) is 0 Å².